The minimum absolute atomic E-state index is 0.153. The summed E-state index contributed by atoms with van der Waals surface area (Å²) in [5.74, 6) is -0.688. The largest absolute Gasteiger partial charge is 0.339 e. The maximum absolute atomic E-state index is 13.9. The number of benzene rings is 1. The van der Waals surface area contributed by atoms with Crippen molar-refractivity contribution >= 4 is 21.8 Å². The van der Waals surface area contributed by atoms with E-state index in [0.717, 1.165) is 25.7 Å². The zero-order valence-electron chi connectivity index (χ0n) is 12.2. The minimum atomic E-state index is -0.465. The Bertz CT molecular complexity index is 505. The number of amides is 1. The maximum Gasteiger partial charge on any atom is 0.256 e. The topological polar surface area (TPSA) is 20.3 Å². The molecule has 4 heteroatoms. The van der Waals surface area contributed by atoms with Crippen molar-refractivity contribution in [3.8, 4) is 0 Å². The Kier molecular flexibility index (Phi) is 4.52. The van der Waals surface area contributed by atoms with Gasteiger partial charge in [0.05, 0.1) is 5.56 Å². The minimum Gasteiger partial charge on any atom is -0.339 e. The lowest BCUT2D eigenvalue weighted by Gasteiger charge is -2.38. The molecule has 0 bridgehead atoms. The van der Waals surface area contributed by atoms with Crippen LogP contribution in [0.3, 0.4) is 0 Å². The van der Waals surface area contributed by atoms with Crippen LogP contribution in [0.25, 0.3) is 0 Å². The van der Waals surface area contributed by atoms with Gasteiger partial charge in [-0.05, 0) is 49.3 Å². The SMILES string of the molecule is CN(C(=O)c1ccc(Br)cc1F)C1CCC(C)(C)CC1. The van der Waals surface area contributed by atoms with Gasteiger partial charge < -0.3 is 4.90 Å². The van der Waals surface area contributed by atoms with Crippen LogP contribution in [0.1, 0.15) is 49.9 Å². The number of rotatable bonds is 2. The van der Waals surface area contributed by atoms with Crippen molar-refractivity contribution in [2.24, 2.45) is 5.41 Å². The third-order valence-electron chi connectivity index (χ3n) is 4.34. The van der Waals surface area contributed by atoms with Crippen LogP contribution in [0.4, 0.5) is 4.39 Å². The fourth-order valence-corrected chi connectivity index (χ4v) is 3.12. The highest BCUT2D eigenvalue weighted by atomic mass is 79.9. The van der Waals surface area contributed by atoms with Crippen molar-refractivity contribution in [3.63, 3.8) is 0 Å². The molecule has 0 radical (unpaired) electrons. The summed E-state index contributed by atoms with van der Waals surface area (Å²) in [5.41, 5.74) is 0.518. The molecule has 0 spiro atoms. The van der Waals surface area contributed by atoms with Gasteiger partial charge in [0.1, 0.15) is 5.82 Å². The van der Waals surface area contributed by atoms with Gasteiger partial charge in [0, 0.05) is 17.6 Å². The van der Waals surface area contributed by atoms with Crippen LogP contribution in [0, 0.1) is 11.2 Å². The normalized spacial score (nSPS) is 18.9. The van der Waals surface area contributed by atoms with E-state index in [1.165, 1.54) is 6.07 Å². The monoisotopic (exact) mass is 341 g/mol. The van der Waals surface area contributed by atoms with Gasteiger partial charge in [-0.3, -0.25) is 4.79 Å². The average molecular weight is 342 g/mol. The highest BCUT2D eigenvalue weighted by Gasteiger charge is 2.31. The quantitative estimate of drug-likeness (QED) is 0.767. The molecule has 2 nitrogen and oxygen atoms in total. The van der Waals surface area contributed by atoms with E-state index in [-0.39, 0.29) is 17.5 Å². The molecule has 1 aromatic carbocycles. The van der Waals surface area contributed by atoms with Crippen molar-refractivity contribution in [2.45, 2.75) is 45.6 Å². The Balaban J connectivity index is 2.09. The molecule has 1 aliphatic carbocycles. The highest BCUT2D eigenvalue weighted by molar-refractivity contribution is 9.10. The summed E-state index contributed by atoms with van der Waals surface area (Å²) in [6, 6.07) is 4.81. The molecule has 20 heavy (non-hydrogen) atoms. The number of hydrogen-bond acceptors (Lipinski definition) is 1. The summed E-state index contributed by atoms with van der Waals surface area (Å²) < 4.78 is 14.5. The average Bonchev–Trinajstić information content (AvgIpc) is 2.37. The second kappa shape index (κ2) is 5.84. The van der Waals surface area contributed by atoms with Gasteiger partial charge >= 0.3 is 0 Å². The lowest BCUT2D eigenvalue weighted by molar-refractivity contribution is 0.0631. The molecule has 1 aliphatic rings. The molecular formula is C16H21BrFNO. The Hall–Kier alpha value is -0.900. The second-order valence-electron chi connectivity index (χ2n) is 6.44. The first-order chi connectivity index (χ1) is 9.30. The predicted molar refractivity (Wildman–Crippen MR) is 82.2 cm³/mol. The van der Waals surface area contributed by atoms with Crippen LogP contribution in [0.5, 0.6) is 0 Å². The molecule has 2 rings (SSSR count). The van der Waals surface area contributed by atoms with Gasteiger partial charge in [-0.15, -0.1) is 0 Å². The molecule has 0 atom stereocenters. The van der Waals surface area contributed by atoms with E-state index in [2.05, 4.69) is 29.8 Å². The lowest BCUT2D eigenvalue weighted by atomic mass is 9.75. The summed E-state index contributed by atoms with van der Waals surface area (Å²) in [7, 11) is 1.78. The Labute approximate surface area is 128 Å². The number of nitrogens with zero attached hydrogens (tertiary/aromatic N) is 1. The molecule has 1 amide bonds. The molecule has 1 saturated carbocycles. The van der Waals surface area contributed by atoms with E-state index in [4.69, 9.17) is 0 Å². The summed E-state index contributed by atoms with van der Waals surface area (Å²) in [6.07, 6.45) is 4.21. The third kappa shape index (κ3) is 3.40. The van der Waals surface area contributed by atoms with Gasteiger partial charge in [0.2, 0.25) is 0 Å². The van der Waals surface area contributed by atoms with Crippen molar-refractivity contribution < 1.29 is 9.18 Å². The van der Waals surface area contributed by atoms with Crippen LogP contribution >= 0.6 is 15.9 Å². The molecular weight excluding hydrogens is 321 g/mol. The fourth-order valence-electron chi connectivity index (χ4n) is 2.79. The molecule has 0 unspecified atom stereocenters. The van der Waals surface area contributed by atoms with Crippen molar-refractivity contribution in [1.29, 1.82) is 0 Å². The predicted octanol–water partition coefficient (Wildman–Crippen LogP) is 4.63. The Morgan fingerprint density at radius 3 is 2.50 bits per heavy atom. The van der Waals surface area contributed by atoms with Crippen LogP contribution in [0.15, 0.2) is 22.7 Å². The van der Waals surface area contributed by atoms with E-state index in [9.17, 15) is 9.18 Å². The third-order valence-corrected chi connectivity index (χ3v) is 4.83. The van der Waals surface area contributed by atoms with E-state index in [1.807, 2.05) is 0 Å². The number of halogens is 2. The second-order valence-corrected chi connectivity index (χ2v) is 7.35. The van der Waals surface area contributed by atoms with Crippen LogP contribution in [-0.4, -0.2) is 23.9 Å². The molecule has 110 valence electrons. The van der Waals surface area contributed by atoms with E-state index in [1.54, 1.807) is 24.1 Å². The number of hydrogen-bond donors (Lipinski definition) is 0. The molecule has 1 aromatic rings. The Morgan fingerprint density at radius 2 is 1.95 bits per heavy atom. The van der Waals surface area contributed by atoms with E-state index < -0.39 is 5.82 Å². The highest BCUT2D eigenvalue weighted by Crippen LogP contribution is 2.37. The Morgan fingerprint density at radius 1 is 1.35 bits per heavy atom. The van der Waals surface area contributed by atoms with Gasteiger partial charge in [-0.2, -0.15) is 0 Å². The summed E-state index contributed by atoms with van der Waals surface area (Å²) >= 11 is 3.21. The standard InChI is InChI=1S/C16H21BrFNO/c1-16(2)8-6-12(7-9-16)19(3)15(20)13-5-4-11(17)10-14(13)18/h4-5,10,12H,6-9H2,1-3H3. The maximum atomic E-state index is 13.9. The summed E-state index contributed by atoms with van der Waals surface area (Å²) in [4.78, 5) is 14.1. The zero-order valence-corrected chi connectivity index (χ0v) is 13.8. The molecule has 0 saturated heterocycles. The van der Waals surface area contributed by atoms with Gasteiger partial charge in [-0.25, -0.2) is 4.39 Å². The zero-order chi connectivity index (χ0) is 14.9. The van der Waals surface area contributed by atoms with Crippen molar-refractivity contribution in [3.05, 3.63) is 34.1 Å². The van der Waals surface area contributed by atoms with Gasteiger partial charge in [0.25, 0.3) is 5.91 Å². The van der Waals surface area contributed by atoms with Crippen LogP contribution < -0.4 is 0 Å². The van der Waals surface area contributed by atoms with E-state index in [0.29, 0.717) is 9.89 Å². The van der Waals surface area contributed by atoms with Crippen molar-refractivity contribution in [2.75, 3.05) is 7.05 Å². The molecule has 1 fully saturated rings. The van der Waals surface area contributed by atoms with Gasteiger partial charge in [-0.1, -0.05) is 29.8 Å². The molecule has 0 aromatic heterocycles. The first-order valence-electron chi connectivity index (χ1n) is 7.02. The number of carbonyl (C=O) groups is 1. The fraction of sp³-hybridized carbons (Fsp3) is 0.562. The molecule has 0 aliphatic heterocycles. The molecule has 0 heterocycles. The molecule has 0 N–H and O–H groups in total. The van der Waals surface area contributed by atoms with Crippen molar-refractivity contribution in [1.82, 2.24) is 4.90 Å². The first kappa shape index (κ1) is 15.5. The van der Waals surface area contributed by atoms with E-state index >= 15 is 0 Å². The summed E-state index contributed by atoms with van der Waals surface area (Å²) in [5, 5.41) is 0. The number of carbonyl (C=O) groups excluding carboxylic acids is 1. The van der Waals surface area contributed by atoms with Gasteiger partial charge in [0.15, 0.2) is 0 Å². The lowest BCUT2D eigenvalue weighted by Crippen LogP contribution is -2.41. The van der Waals surface area contributed by atoms with Crippen LogP contribution in [0.2, 0.25) is 0 Å². The van der Waals surface area contributed by atoms with Crippen LogP contribution in [-0.2, 0) is 0 Å². The first-order valence-corrected chi connectivity index (χ1v) is 7.82. The smallest absolute Gasteiger partial charge is 0.256 e. The summed E-state index contributed by atoms with van der Waals surface area (Å²) in [6.45, 7) is 4.53.